The molecule has 0 saturated heterocycles. The van der Waals surface area contributed by atoms with E-state index in [4.69, 9.17) is 16.2 Å². The molecular weight excluding hydrogens is 775 g/mol. The average molecular weight is 830 g/mol. The molecular formula is C49H55N3O5S2. The number of aromatic hydroxyl groups is 2. The highest BCUT2D eigenvalue weighted by Gasteiger charge is 2.53. The molecule has 0 radical (unpaired) electrons. The number of phenols is 2. The van der Waals surface area contributed by atoms with Gasteiger partial charge in [0.1, 0.15) is 5.75 Å². The molecule has 8 rings (SSSR count). The largest absolute Gasteiger partial charge is 0.508 e. The van der Waals surface area contributed by atoms with E-state index in [2.05, 4.69) is 35.9 Å². The van der Waals surface area contributed by atoms with Gasteiger partial charge in [0.25, 0.3) is 0 Å². The van der Waals surface area contributed by atoms with E-state index in [0.717, 1.165) is 70.5 Å². The van der Waals surface area contributed by atoms with Gasteiger partial charge in [-0.3, -0.25) is 9.59 Å². The zero-order chi connectivity index (χ0) is 41.1. The van der Waals surface area contributed by atoms with E-state index < -0.39 is 12.1 Å². The van der Waals surface area contributed by atoms with Gasteiger partial charge in [0.05, 0.1) is 19.2 Å². The number of hydrogen-bond donors (Lipinski definition) is 5. The zero-order valence-corrected chi connectivity index (χ0v) is 35.5. The number of aromatic amines is 1. The maximum Gasteiger partial charge on any atom is 0.165 e. The van der Waals surface area contributed by atoms with Crippen molar-refractivity contribution in [2.45, 2.75) is 102 Å². The number of phenolic OH excluding ortho intramolecular Hbond substituents is 2. The minimum absolute atomic E-state index is 0.0310. The first kappa shape index (κ1) is 41.3. The minimum Gasteiger partial charge on any atom is -0.508 e. The molecule has 7 N–H and O–H groups in total. The van der Waals surface area contributed by atoms with Crippen LogP contribution in [0.25, 0.3) is 0 Å². The van der Waals surface area contributed by atoms with Gasteiger partial charge in [-0.15, -0.1) is 0 Å². The van der Waals surface area contributed by atoms with Gasteiger partial charge in [0.15, 0.2) is 23.1 Å². The lowest BCUT2D eigenvalue weighted by atomic mass is 9.62. The average Bonchev–Trinajstić information content (AvgIpc) is 3.82. The van der Waals surface area contributed by atoms with Crippen molar-refractivity contribution in [3.8, 4) is 29.1 Å². The van der Waals surface area contributed by atoms with E-state index in [1.54, 1.807) is 18.3 Å². The van der Waals surface area contributed by atoms with Crippen molar-refractivity contribution in [1.29, 1.82) is 0 Å². The van der Waals surface area contributed by atoms with Crippen LogP contribution in [-0.4, -0.2) is 39.1 Å². The van der Waals surface area contributed by atoms with Gasteiger partial charge in [0.2, 0.25) is 0 Å². The summed E-state index contributed by atoms with van der Waals surface area (Å²) in [6.45, 7) is 2.53. The van der Waals surface area contributed by atoms with E-state index in [-0.39, 0.29) is 46.9 Å². The molecule has 4 atom stereocenters. The summed E-state index contributed by atoms with van der Waals surface area (Å²) in [5.41, 5.74) is 20.5. The number of benzene rings is 3. The molecule has 3 aromatic carbocycles. The Balaban J connectivity index is 1.18. The van der Waals surface area contributed by atoms with Crippen molar-refractivity contribution in [2.75, 3.05) is 12.4 Å². The first-order valence-electron chi connectivity index (χ1n) is 21.1. The number of Topliss-reactive ketones (excluding diaryl/α,β-unsaturated/α-hetero) is 1. The van der Waals surface area contributed by atoms with Crippen LogP contribution in [0.5, 0.6) is 17.2 Å². The predicted octanol–water partition coefficient (Wildman–Crippen LogP) is 9.60. The van der Waals surface area contributed by atoms with Crippen molar-refractivity contribution in [3.63, 3.8) is 0 Å². The summed E-state index contributed by atoms with van der Waals surface area (Å²) in [4.78, 5) is 30.8. The Morgan fingerprint density at radius 3 is 2.61 bits per heavy atom. The van der Waals surface area contributed by atoms with Crippen LogP contribution in [0.3, 0.4) is 0 Å². The number of rotatable bonds is 3. The second-order valence-corrected chi connectivity index (χ2v) is 19.7. The number of nitrogens with two attached hydrogens (primary N) is 2. The molecule has 1 aromatic heterocycles. The smallest absolute Gasteiger partial charge is 0.165 e. The van der Waals surface area contributed by atoms with Crippen LogP contribution in [-0.2, 0) is 29.8 Å². The Hall–Kier alpha value is -4.40. The molecule has 0 unspecified atom stereocenters. The lowest BCUT2D eigenvalue weighted by Gasteiger charge is -2.44. The molecule has 10 heteroatoms. The van der Waals surface area contributed by atoms with Crippen LogP contribution >= 0.6 is 21.6 Å². The lowest BCUT2D eigenvalue weighted by Crippen LogP contribution is -2.35. The first-order chi connectivity index (χ1) is 28.5. The summed E-state index contributed by atoms with van der Waals surface area (Å²) in [6, 6.07) is 16.7. The number of aromatic nitrogens is 1. The highest BCUT2D eigenvalue weighted by atomic mass is 33.1. The molecule has 8 bridgehead atoms. The molecule has 2 saturated carbocycles. The van der Waals surface area contributed by atoms with Gasteiger partial charge in [0, 0.05) is 65.3 Å². The highest BCUT2D eigenvalue weighted by Crippen LogP contribution is 2.64. The normalized spacial score (nSPS) is 25.4. The molecule has 2 fully saturated rings. The number of allylic oxidation sites excluding steroid dienone is 2. The number of carbonyl (C=O) groups excluding carboxylic acids is 2. The van der Waals surface area contributed by atoms with Crippen molar-refractivity contribution < 1.29 is 24.5 Å². The van der Waals surface area contributed by atoms with Gasteiger partial charge in [-0.25, -0.2) is 0 Å². The number of ketones is 2. The van der Waals surface area contributed by atoms with Crippen LogP contribution in [0, 0.1) is 28.6 Å². The Kier molecular flexibility index (Phi) is 12.4. The fourth-order valence-electron chi connectivity index (χ4n) is 10.2. The van der Waals surface area contributed by atoms with Gasteiger partial charge in [-0.05, 0) is 126 Å². The van der Waals surface area contributed by atoms with Gasteiger partial charge in [-0.1, -0.05) is 77.1 Å². The van der Waals surface area contributed by atoms with E-state index in [9.17, 15) is 19.8 Å². The van der Waals surface area contributed by atoms with Crippen LogP contribution in [0.15, 0.2) is 72.9 Å². The van der Waals surface area contributed by atoms with Gasteiger partial charge < -0.3 is 31.4 Å². The van der Waals surface area contributed by atoms with Crippen LogP contribution in [0.4, 0.5) is 0 Å². The maximum absolute atomic E-state index is 14.2. The number of nitrogens with one attached hydrogen (secondary N) is 1. The van der Waals surface area contributed by atoms with Crippen molar-refractivity contribution >= 4 is 33.2 Å². The topological polar surface area (TPSA) is 152 Å². The fraction of sp³-hybridized carbons (Fsp3) is 0.429. The summed E-state index contributed by atoms with van der Waals surface area (Å²) in [6.07, 6.45) is 15.3. The Morgan fingerprint density at radius 2 is 1.78 bits per heavy atom. The third kappa shape index (κ3) is 8.90. The maximum atomic E-state index is 14.2. The van der Waals surface area contributed by atoms with Crippen LogP contribution in [0.1, 0.15) is 132 Å². The third-order valence-corrected chi connectivity index (χ3v) is 16.0. The van der Waals surface area contributed by atoms with Crippen LogP contribution < -0.4 is 16.2 Å². The number of H-pyrrole nitrogens is 1. The molecule has 2 heterocycles. The molecule has 1 aliphatic heterocycles. The Morgan fingerprint density at radius 1 is 0.949 bits per heavy atom. The number of hydrogen-bond acceptors (Lipinski definition) is 9. The summed E-state index contributed by atoms with van der Waals surface area (Å²) >= 11 is 0. The molecule has 4 aliphatic rings. The molecule has 308 valence electrons. The summed E-state index contributed by atoms with van der Waals surface area (Å²) < 4.78 is 6.15. The second-order valence-electron chi connectivity index (χ2n) is 17.2. The first-order valence-corrected chi connectivity index (χ1v) is 23.6. The molecule has 8 nitrogen and oxygen atoms in total. The number of aryl methyl sites for hydroxylation is 1. The minimum atomic E-state index is -0.724. The number of carbonyl (C=O) groups is 2. The Bertz CT molecular complexity index is 2320. The van der Waals surface area contributed by atoms with Gasteiger partial charge in [-0.2, -0.15) is 0 Å². The van der Waals surface area contributed by atoms with Crippen molar-refractivity contribution in [2.24, 2.45) is 28.2 Å². The zero-order valence-electron chi connectivity index (χ0n) is 33.9. The molecule has 0 amide bonds. The standard InChI is InChI=1S/C49H55N3O5S2/c1-2-4-35-13-17-48-19-20-49(35,29-48)18-14-36(53)10-7-31-9-12-44(55)46(24-31)57-22-16-32-8-11-43(54)41(23-32)40-27-45(56)37-15-21-52-42(37)6-3-5-33-25-39(47(50)51)34(26-38(33)40)28-58-59-30-48/h8-9,11-12,14-15,18,21,23-26,35,40,47,52,54-55H,2,4,6-7,10,13,16-17,19-20,22,27-30,50-51H2,1H3/b18-14+/t35-,40+,48+,49+/m1/s1. The van der Waals surface area contributed by atoms with Crippen molar-refractivity contribution in [3.05, 3.63) is 123 Å². The lowest BCUT2D eigenvalue weighted by molar-refractivity contribution is -0.114. The molecule has 3 aliphatic carbocycles. The van der Waals surface area contributed by atoms with Crippen LogP contribution in [0.2, 0.25) is 0 Å². The van der Waals surface area contributed by atoms with E-state index >= 15 is 0 Å². The van der Waals surface area contributed by atoms with E-state index in [1.807, 2.05) is 64.1 Å². The number of ether oxygens (including phenoxy) is 1. The fourth-order valence-corrected chi connectivity index (χ4v) is 13.0. The third-order valence-electron chi connectivity index (χ3n) is 13.4. The van der Waals surface area contributed by atoms with E-state index in [0.29, 0.717) is 54.2 Å². The quantitative estimate of drug-likeness (QED) is 0.0773. The Labute approximate surface area is 355 Å². The summed E-state index contributed by atoms with van der Waals surface area (Å²) in [7, 11) is 3.73. The monoisotopic (exact) mass is 829 g/mol. The SMILES string of the molecule is CCC[C@@H]1CC[C@@]23CC[C@@]1(/C=C/C(=O)CCc1ccc(O)c(c1)OCCc1ccc(O)c(c1)[C@H]1CC(=O)c4cc[nH]c4CC#Cc4cc(C(N)N)c(cc41)CSSC2)C3. The summed E-state index contributed by atoms with van der Waals surface area (Å²) in [5, 5.41) is 22.3. The molecule has 0 spiro atoms. The van der Waals surface area contributed by atoms with Crippen molar-refractivity contribution in [1.82, 2.24) is 4.98 Å². The van der Waals surface area contributed by atoms with Gasteiger partial charge >= 0.3 is 0 Å². The number of fused-ring (bicyclic) bond motifs is 7. The predicted molar refractivity (Wildman–Crippen MR) is 238 cm³/mol. The van der Waals surface area contributed by atoms with E-state index in [1.165, 1.54) is 19.3 Å². The molecule has 4 aromatic rings. The summed E-state index contributed by atoms with van der Waals surface area (Å²) in [5.74, 6) is 9.07. The highest BCUT2D eigenvalue weighted by molar-refractivity contribution is 8.76. The second kappa shape index (κ2) is 17.7. The molecule has 59 heavy (non-hydrogen) atoms.